The Labute approximate surface area is 119 Å². The quantitative estimate of drug-likeness (QED) is 0.669. The first-order chi connectivity index (χ1) is 10.0. The molecule has 0 fully saturated rings. The number of nitrogens with zero attached hydrogens (tertiary/aromatic N) is 1. The predicted molar refractivity (Wildman–Crippen MR) is 77.0 cm³/mol. The minimum absolute atomic E-state index is 0.115. The van der Waals surface area contributed by atoms with Crippen LogP contribution in [0.15, 0.2) is 42.5 Å². The van der Waals surface area contributed by atoms with Crippen LogP contribution < -0.4 is 10.6 Å². The average molecular weight is 289 g/mol. The monoisotopic (exact) mass is 289 g/mol. The van der Waals surface area contributed by atoms with Crippen molar-refractivity contribution >= 4 is 23.0 Å². The molecule has 1 amide bonds. The molecule has 0 aromatic heterocycles. The van der Waals surface area contributed by atoms with Crippen LogP contribution in [0.4, 0.5) is 21.5 Å². The Kier molecular flexibility index (Phi) is 4.13. The number of carbonyl (C=O) groups is 1. The molecule has 0 bridgehead atoms. The zero-order valence-electron chi connectivity index (χ0n) is 11.1. The van der Waals surface area contributed by atoms with Gasteiger partial charge in [-0.3, -0.25) is 14.9 Å². The van der Waals surface area contributed by atoms with Gasteiger partial charge in [0.1, 0.15) is 11.5 Å². The Balaban J connectivity index is 2.23. The van der Waals surface area contributed by atoms with E-state index >= 15 is 0 Å². The standard InChI is InChI=1S/C14H12FN3O3/c1-16-12-8-9(2-7-13(12)18(20)21)14(19)17-11-5-3-10(15)4-6-11/h2-8,16H,1H3,(H,17,19). The Bertz CT molecular complexity index is 686. The van der Waals surface area contributed by atoms with Crippen molar-refractivity contribution in [3.8, 4) is 0 Å². The number of carbonyl (C=O) groups excluding carboxylic acids is 1. The SMILES string of the molecule is CNc1cc(C(=O)Nc2ccc(F)cc2)ccc1[N+](=O)[O-]. The summed E-state index contributed by atoms with van der Waals surface area (Å²) >= 11 is 0. The molecule has 0 spiro atoms. The van der Waals surface area contributed by atoms with Crippen LogP contribution in [0.3, 0.4) is 0 Å². The fourth-order valence-corrected chi connectivity index (χ4v) is 1.77. The molecule has 0 aliphatic heterocycles. The van der Waals surface area contributed by atoms with Gasteiger partial charge in [-0.05, 0) is 36.4 Å². The highest BCUT2D eigenvalue weighted by Gasteiger charge is 2.15. The number of benzene rings is 2. The third-order valence-electron chi connectivity index (χ3n) is 2.83. The third kappa shape index (κ3) is 3.33. The van der Waals surface area contributed by atoms with Crippen molar-refractivity contribution < 1.29 is 14.1 Å². The summed E-state index contributed by atoms with van der Waals surface area (Å²) in [5.41, 5.74) is 0.822. The molecule has 7 heteroatoms. The van der Waals surface area contributed by atoms with Crippen LogP contribution in [0.5, 0.6) is 0 Å². The van der Waals surface area contributed by atoms with Gasteiger partial charge in [0, 0.05) is 24.4 Å². The molecular weight excluding hydrogens is 277 g/mol. The first-order valence-corrected chi connectivity index (χ1v) is 6.04. The van der Waals surface area contributed by atoms with E-state index in [4.69, 9.17) is 0 Å². The van der Waals surface area contributed by atoms with E-state index in [1.165, 1.54) is 49.5 Å². The molecule has 0 aliphatic rings. The van der Waals surface area contributed by atoms with Crippen LogP contribution >= 0.6 is 0 Å². The summed E-state index contributed by atoms with van der Waals surface area (Å²) in [6.07, 6.45) is 0. The number of halogens is 1. The van der Waals surface area contributed by atoms with Crippen LogP contribution in [0.1, 0.15) is 10.4 Å². The summed E-state index contributed by atoms with van der Waals surface area (Å²) in [5, 5.41) is 16.1. The van der Waals surface area contributed by atoms with Crippen LogP contribution in [-0.2, 0) is 0 Å². The fourth-order valence-electron chi connectivity index (χ4n) is 1.77. The van der Waals surface area contributed by atoms with Gasteiger partial charge in [0.25, 0.3) is 11.6 Å². The highest BCUT2D eigenvalue weighted by Crippen LogP contribution is 2.25. The summed E-state index contributed by atoms with van der Waals surface area (Å²) in [6, 6.07) is 9.31. The first kappa shape index (κ1) is 14.4. The maximum absolute atomic E-state index is 12.8. The lowest BCUT2D eigenvalue weighted by atomic mass is 10.1. The van der Waals surface area contributed by atoms with E-state index in [1.54, 1.807) is 0 Å². The molecule has 0 atom stereocenters. The molecule has 2 aromatic rings. The molecule has 2 N–H and O–H groups in total. The minimum Gasteiger partial charge on any atom is -0.383 e. The maximum atomic E-state index is 12.8. The lowest BCUT2D eigenvalue weighted by Gasteiger charge is -2.07. The van der Waals surface area contributed by atoms with Gasteiger partial charge in [-0.1, -0.05) is 0 Å². The molecule has 21 heavy (non-hydrogen) atoms. The summed E-state index contributed by atoms with van der Waals surface area (Å²) < 4.78 is 12.8. The van der Waals surface area contributed by atoms with Crippen molar-refractivity contribution in [3.63, 3.8) is 0 Å². The zero-order chi connectivity index (χ0) is 15.4. The Morgan fingerprint density at radius 3 is 2.43 bits per heavy atom. The summed E-state index contributed by atoms with van der Waals surface area (Å²) in [6.45, 7) is 0. The third-order valence-corrected chi connectivity index (χ3v) is 2.83. The molecule has 0 saturated carbocycles. The second-order valence-electron chi connectivity index (χ2n) is 4.20. The van der Waals surface area contributed by atoms with Crippen molar-refractivity contribution in [2.24, 2.45) is 0 Å². The van der Waals surface area contributed by atoms with E-state index in [-0.39, 0.29) is 16.9 Å². The molecular formula is C14H12FN3O3. The second kappa shape index (κ2) is 6.00. The van der Waals surface area contributed by atoms with Crippen molar-refractivity contribution in [2.45, 2.75) is 0 Å². The number of amides is 1. The predicted octanol–water partition coefficient (Wildman–Crippen LogP) is 3.03. The molecule has 108 valence electrons. The van der Waals surface area contributed by atoms with Crippen molar-refractivity contribution in [1.82, 2.24) is 0 Å². The maximum Gasteiger partial charge on any atom is 0.292 e. The number of anilines is 2. The largest absolute Gasteiger partial charge is 0.383 e. The molecule has 0 heterocycles. The zero-order valence-corrected chi connectivity index (χ0v) is 11.1. The molecule has 0 radical (unpaired) electrons. The molecule has 0 unspecified atom stereocenters. The van der Waals surface area contributed by atoms with Gasteiger partial charge in [-0.25, -0.2) is 4.39 Å². The number of hydrogen-bond acceptors (Lipinski definition) is 4. The first-order valence-electron chi connectivity index (χ1n) is 6.04. The lowest BCUT2D eigenvalue weighted by Crippen LogP contribution is -2.12. The normalized spacial score (nSPS) is 10.0. The van der Waals surface area contributed by atoms with E-state index < -0.39 is 16.6 Å². The Morgan fingerprint density at radius 2 is 1.86 bits per heavy atom. The average Bonchev–Trinajstić information content (AvgIpc) is 2.48. The molecule has 2 rings (SSSR count). The minimum atomic E-state index is -0.534. The molecule has 2 aromatic carbocycles. The van der Waals surface area contributed by atoms with Crippen molar-refractivity contribution in [3.05, 3.63) is 64.0 Å². The summed E-state index contributed by atoms with van der Waals surface area (Å²) in [5.74, 6) is -0.839. The van der Waals surface area contributed by atoms with Gasteiger partial charge in [0.05, 0.1) is 4.92 Å². The van der Waals surface area contributed by atoms with Gasteiger partial charge in [0.15, 0.2) is 0 Å². The topological polar surface area (TPSA) is 84.3 Å². The molecule has 0 aliphatic carbocycles. The Morgan fingerprint density at radius 1 is 1.19 bits per heavy atom. The second-order valence-corrected chi connectivity index (χ2v) is 4.20. The van der Waals surface area contributed by atoms with Crippen LogP contribution in [-0.4, -0.2) is 17.9 Å². The van der Waals surface area contributed by atoms with Gasteiger partial charge < -0.3 is 10.6 Å². The number of nitro benzene ring substituents is 1. The number of nitrogens with one attached hydrogen (secondary N) is 2. The van der Waals surface area contributed by atoms with Crippen LogP contribution in [0.25, 0.3) is 0 Å². The number of rotatable bonds is 4. The van der Waals surface area contributed by atoms with Crippen molar-refractivity contribution in [2.75, 3.05) is 17.7 Å². The van der Waals surface area contributed by atoms with E-state index in [0.29, 0.717) is 5.69 Å². The smallest absolute Gasteiger partial charge is 0.292 e. The van der Waals surface area contributed by atoms with E-state index in [0.717, 1.165) is 0 Å². The number of nitro groups is 1. The van der Waals surface area contributed by atoms with E-state index in [9.17, 15) is 19.3 Å². The molecule has 6 nitrogen and oxygen atoms in total. The fraction of sp³-hybridized carbons (Fsp3) is 0.0714. The number of hydrogen-bond donors (Lipinski definition) is 2. The van der Waals surface area contributed by atoms with Crippen LogP contribution in [0.2, 0.25) is 0 Å². The van der Waals surface area contributed by atoms with Gasteiger partial charge in [0.2, 0.25) is 0 Å². The summed E-state index contributed by atoms with van der Waals surface area (Å²) in [4.78, 5) is 22.3. The van der Waals surface area contributed by atoms with E-state index in [1.807, 2.05) is 0 Å². The van der Waals surface area contributed by atoms with Gasteiger partial charge in [-0.2, -0.15) is 0 Å². The summed E-state index contributed by atoms with van der Waals surface area (Å²) in [7, 11) is 1.53. The highest BCUT2D eigenvalue weighted by molar-refractivity contribution is 6.05. The van der Waals surface area contributed by atoms with Gasteiger partial charge in [-0.15, -0.1) is 0 Å². The van der Waals surface area contributed by atoms with Crippen molar-refractivity contribution in [1.29, 1.82) is 0 Å². The lowest BCUT2D eigenvalue weighted by molar-refractivity contribution is -0.383. The molecule has 0 saturated heterocycles. The van der Waals surface area contributed by atoms with E-state index in [2.05, 4.69) is 10.6 Å². The highest BCUT2D eigenvalue weighted by atomic mass is 19.1. The Hall–Kier alpha value is -2.96. The van der Waals surface area contributed by atoms with Crippen LogP contribution in [0, 0.1) is 15.9 Å². The van der Waals surface area contributed by atoms with Gasteiger partial charge >= 0.3 is 0 Å².